The molecule has 1 aliphatic rings. The van der Waals surface area contributed by atoms with E-state index in [1.54, 1.807) is 0 Å². The van der Waals surface area contributed by atoms with Gasteiger partial charge in [0.1, 0.15) is 0 Å². The van der Waals surface area contributed by atoms with E-state index in [2.05, 4.69) is 243 Å². The molecule has 0 fully saturated rings. The molecule has 298 valence electrons. The lowest BCUT2D eigenvalue weighted by molar-refractivity contribution is 0.660. The monoisotopic (exact) mass is 821 g/mol. The van der Waals surface area contributed by atoms with Crippen LogP contribution in [0, 0.1) is 0 Å². The Morgan fingerprint density at radius 2 is 0.873 bits per heavy atom. The van der Waals surface area contributed by atoms with Crippen molar-refractivity contribution in [2.24, 2.45) is 0 Å². The minimum absolute atomic E-state index is 0.0525. The molecule has 63 heavy (non-hydrogen) atoms. The molecular weight excluding hydrogens is 779 g/mol. The first-order valence-electron chi connectivity index (χ1n) is 21.8. The molecule has 0 unspecified atom stereocenters. The Morgan fingerprint density at radius 1 is 0.333 bits per heavy atom. The van der Waals surface area contributed by atoms with Crippen molar-refractivity contribution in [2.75, 3.05) is 4.90 Å². The topological polar surface area (TPSA) is 3.24 Å². The Morgan fingerprint density at radius 3 is 1.67 bits per heavy atom. The van der Waals surface area contributed by atoms with Gasteiger partial charge in [-0.1, -0.05) is 184 Å². The predicted octanol–water partition coefficient (Wildman–Crippen LogP) is 17.7. The van der Waals surface area contributed by atoms with Gasteiger partial charge < -0.3 is 4.90 Å². The molecule has 12 rings (SSSR count). The summed E-state index contributed by atoms with van der Waals surface area (Å²) in [6.45, 7) is 4.70. The van der Waals surface area contributed by atoms with E-state index in [4.69, 9.17) is 0 Å². The summed E-state index contributed by atoms with van der Waals surface area (Å²) in [6.07, 6.45) is 0. The first-order valence-corrected chi connectivity index (χ1v) is 22.6. The largest absolute Gasteiger partial charge is 0.310 e. The molecule has 1 aromatic heterocycles. The van der Waals surface area contributed by atoms with Gasteiger partial charge in [0.25, 0.3) is 0 Å². The Balaban J connectivity index is 0.957. The average Bonchev–Trinajstić information content (AvgIpc) is 3.83. The molecule has 1 aliphatic carbocycles. The Bertz CT molecular complexity index is 3530. The van der Waals surface area contributed by atoms with Gasteiger partial charge in [-0.3, -0.25) is 0 Å². The van der Waals surface area contributed by atoms with Crippen molar-refractivity contribution in [2.45, 2.75) is 19.3 Å². The third-order valence-electron chi connectivity index (χ3n) is 13.3. The number of thiophene rings is 1. The summed E-state index contributed by atoms with van der Waals surface area (Å²) in [5.41, 5.74) is 18.4. The Labute approximate surface area is 372 Å². The van der Waals surface area contributed by atoms with Crippen molar-refractivity contribution < 1.29 is 0 Å². The number of nitrogens with zero attached hydrogens (tertiary/aromatic N) is 1. The summed E-state index contributed by atoms with van der Waals surface area (Å²) in [6, 6.07) is 82.9. The number of fused-ring (bicyclic) bond motifs is 7. The van der Waals surface area contributed by atoms with E-state index in [1.807, 2.05) is 11.3 Å². The van der Waals surface area contributed by atoms with Crippen LogP contribution < -0.4 is 4.90 Å². The Kier molecular flexibility index (Phi) is 8.77. The molecule has 1 heterocycles. The van der Waals surface area contributed by atoms with Crippen LogP contribution in [0.1, 0.15) is 25.0 Å². The maximum absolute atomic E-state index is 2.42. The second-order valence-corrected chi connectivity index (χ2v) is 18.4. The minimum atomic E-state index is -0.0525. The van der Waals surface area contributed by atoms with Gasteiger partial charge in [-0.15, -0.1) is 11.3 Å². The summed E-state index contributed by atoms with van der Waals surface area (Å²) < 4.78 is 2.64. The summed E-state index contributed by atoms with van der Waals surface area (Å²) >= 11 is 1.87. The van der Waals surface area contributed by atoms with E-state index < -0.39 is 0 Å². The number of hydrogen-bond acceptors (Lipinski definition) is 2. The van der Waals surface area contributed by atoms with Crippen LogP contribution in [0.5, 0.6) is 0 Å². The highest BCUT2D eigenvalue weighted by Gasteiger charge is 2.35. The maximum Gasteiger partial charge on any atom is 0.0540 e. The van der Waals surface area contributed by atoms with Crippen LogP contribution in [0.15, 0.2) is 224 Å². The van der Waals surface area contributed by atoms with Gasteiger partial charge in [0, 0.05) is 42.5 Å². The third-order valence-corrected chi connectivity index (χ3v) is 14.4. The molecule has 0 bridgehead atoms. The minimum Gasteiger partial charge on any atom is -0.310 e. The van der Waals surface area contributed by atoms with E-state index in [9.17, 15) is 0 Å². The number of anilines is 3. The quantitative estimate of drug-likeness (QED) is 0.155. The zero-order chi connectivity index (χ0) is 42.1. The van der Waals surface area contributed by atoms with Crippen molar-refractivity contribution in [1.82, 2.24) is 0 Å². The van der Waals surface area contributed by atoms with Gasteiger partial charge in [0.2, 0.25) is 0 Å². The smallest absolute Gasteiger partial charge is 0.0540 e. The standard InChI is InChI=1S/C61H43NS/c1-61(2)56-22-8-5-19-52(56)53-35-29-43(38-57(53)61)40-25-31-47(32-26-40)62(48-33-27-41(28-34-48)44-30-36-55-54-20-7-10-24-59(54)63-60(55)39-44)58-23-9-6-18-51(58)46-16-11-15-45(37-46)50-21-12-14-42-13-3-4-17-49(42)50/h3-39H,1-2H3. The Hall–Kier alpha value is -7.52. The zero-order valence-electron chi connectivity index (χ0n) is 35.2. The van der Waals surface area contributed by atoms with E-state index in [0.29, 0.717) is 0 Å². The maximum atomic E-state index is 2.42. The van der Waals surface area contributed by atoms with Crippen molar-refractivity contribution in [3.8, 4) is 55.6 Å². The zero-order valence-corrected chi connectivity index (χ0v) is 36.0. The molecule has 0 spiro atoms. The van der Waals surface area contributed by atoms with Gasteiger partial charge in [-0.2, -0.15) is 0 Å². The number of hydrogen-bond donors (Lipinski definition) is 0. The molecule has 1 nitrogen and oxygen atoms in total. The molecule has 0 radical (unpaired) electrons. The number of para-hydroxylation sites is 1. The second kappa shape index (κ2) is 14.8. The predicted molar refractivity (Wildman–Crippen MR) is 271 cm³/mol. The van der Waals surface area contributed by atoms with Crippen molar-refractivity contribution >= 4 is 59.3 Å². The highest BCUT2D eigenvalue weighted by atomic mass is 32.1. The number of rotatable bonds is 7. The molecule has 0 amide bonds. The van der Waals surface area contributed by atoms with Crippen molar-refractivity contribution in [1.29, 1.82) is 0 Å². The molecule has 0 saturated carbocycles. The molecule has 0 saturated heterocycles. The van der Waals surface area contributed by atoms with E-state index in [1.165, 1.54) is 97.7 Å². The molecule has 10 aromatic carbocycles. The highest BCUT2D eigenvalue weighted by Crippen LogP contribution is 2.50. The molecule has 0 N–H and O–H groups in total. The normalized spacial score (nSPS) is 12.7. The number of benzene rings is 10. The van der Waals surface area contributed by atoms with Gasteiger partial charge in [0.05, 0.1) is 5.69 Å². The summed E-state index contributed by atoms with van der Waals surface area (Å²) in [5.74, 6) is 0. The summed E-state index contributed by atoms with van der Waals surface area (Å²) in [7, 11) is 0. The fourth-order valence-electron chi connectivity index (χ4n) is 10.1. The van der Waals surface area contributed by atoms with Crippen LogP contribution in [0.4, 0.5) is 17.1 Å². The van der Waals surface area contributed by atoms with Gasteiger partial charge >= 0.3 is 0 Å². The highest BCUT2D eigenvalue weighted by molar-refractivity contribution is 7.25. The van der Waals surface area contributed by atoms with Crippen LogP contribution in [0.2, 0.25) is 0 Å². The fraction of sp³-hybridized carbons (Fsp3) is 0.0492. The third kappa shape index (κ3) is 6.29. The molecule has 2 heteroatoms. The van der Waals surface area contributed by atoms with Crippen LogP contribution in [0.25, 0.3) is 86.6 Å². The lowest BCUT2D eigenvalue weighted by Gasteiger charge is -2.28. The average molecular weight is 822 g/mol. The van der Waals surface area contributed by atoms with Crippen molar-refractivity contribution in [3.63, 3.8) is 0 Å². The summed E-state index contributed by atoms with van der Waals surface area (Å²) in [4.78, 5) is 2.42. The molecular formula is C61H43NS. The summed E-state index contributed by atoms with van der Waals surface area (Å²) in [5, 5.41) is 5.15. The second-order valence-electron chi connectivity index (χ2n) is 17.3. The van der Waals surface area contributed by atoms with Crippen molar-refractivity contribution in [3.05, 3.63) is 236 Å². The van der Waals surface area contributed by atoms with Gasteiger partial charge in [-0.05, 0) is 127 Å². The SMILES string of the molecule is CC1(C)c2ccccc2-c2ccc(-c3ccc(N(c4ccc(-c5ccc6c(c5)sc5ccccc56)cc4)c4ccccc4-c4cccc(-c5cccc6ccccc56)c4)cc3)cc21. The van der Waals surface area contributed by atoms with Crippen LogP contribution in [0.3, 0.4) is 0 Å². The molecule has 11 aromatic rings. The first-order chi connectivity index (χ1) is 31.0. The van der Waals surface area contributed by atoms with E-state index in [-0.39, 0.29) is 5.41 Å². The van der Waals surface area contributed by atoms with Crippen LogP contribution in [-0.2, 0) is 5.41 Å². The van der Waals surface area contributed by atoms with Crippen LogP contribution in [-0.4, -0.2) is 0 Å². The van der Waals surface area contributed by atoms with E-state index >= 15 is 0 Å². The van der Waals surface area contributed by atoms with Crippen LogP contribution >= 0.6 is 11.3 Å². The molecule has 0 atom stereocenters. The fourth-order valence-corrected chi connectivity index (χ4v) is 11.2. The lowest BCUT2D eigenvalue weighted by atomic mass is 9.81. The lowest BCUT2D eigenvalue weighted by Crippen LogP contribution is -2.14. The van der Waals surface area contributed by atoms with E-state index in [0.717, 1.165) is 17.1 Å². The first kappa shape index (κ1) is 37.3. The van der Waals surface area contributed by atoms with Gasteiger partial charge in [0.15, 0.2) is 0 Å². The molecule has 0 aliphatic heterocycles. The van der Waals surface area contributed by atoms with Gasteiger partial charge in [-0.25, -0.2) is 0 Å².